The number of benzene rings is 2. The van der Waals surface area contributed by atoms with Crippen LogP contribution in [-0.4, -0.2) is 10.9 Å². The summed E-state index contributed by atoms with van der Waals surface area (Å²) in [5.74, 6) is 5.70. The quantitative estimate of drug-likeness (QED) is 0.512. The minimum atomic E-state index is -0.194. The van der Waals surface area contributed by atoms with Crippen molar-refractivity contribution in [3.63, 3.8) is 0 Å². The molecule has 22 heavy (non-hydrogen) atoms. The third kappa shape index (κ3) is 2.75. The molecule has 0 radical (unpaired) electrons. The van der Waals surface area contributed by atoms with Crippen LogP contribution in [0.2, 0.25) is 0 Å². The van der Waals surface area contributed by atoms with Crippen LogP contribution in [0, 0.1) is 6.92 Å². The molecule has 1 amide bonds. The number of carbonyl (C=O) groups is 1. The molecule has 2 aromatic carbocycles. The highest BCUT2D eigenvalue weighted by molar-refractivity contribution is 6.12. The van der Waals surface area contributed by atoms with E-state index >= 15 is 0 Å². The van der Waals surface area contributed by atoms with E-state index < -0.39 is 0 Å². The minimum absolute atomic E-state index is 0.194. The van der Waals surface area contributed by atoms with Crippen LogP contribution in [0.5, 0.6) is 0 Å². The van der Waals surface area contributed by atoms with Crippen LogP contribution in [0.1, 0.15) is 15.9 Å². The van der Waals surface area contributed by atoms with Crippen molar-refractivity contribution in [3.05, 3.63) is 65.7 Å². The van der Waals surface area contributed by atoms with Gasteiger partial charge in [0.05, 0.1) is 11.1 Å². The second-order valence-electron chi connectivity index (χ2n) is 5.04. The Balaban J connectivity index is 2.03. The summed E-state index contributed by atoms with van der Waals surface area (Å²) in [6.45, 7) is 1.98. The number of fused-ring (bicyclic) bond motifs is 1. The molecule has 110 valence electrons. The maximum Gasteiger partial charge on any atom is 0.256 e. The number of nitrogen functional groups attached to an aromatic ring is 1. The summed E-state index contributed by atoms with van der Waals surface area (Å²) < 4.78 is 0. The predicted molar refractivity (Wildman–Crippen MR) is 88.7 cm³/mol. The Labute approximate surface area is 128 Å². The summed E-state index contributed by atoms with van der Waals surface area (Å²) in [5.41, 5.74) is 5.58. The van der Waals surface area contributed by atoms with Gasteiger partial charge < -0.3 is 10.7 Å². The van der Waals surface area contributed by atoms with Gasteiger partial charge in [0.1, 0.15) is 5.82 Å². The summed E-state index contributed by atoms with van der Waals surface area (Å²) >= 11 is 0. The molecule has 0 saturated heterocycles. The first-order valence-electron chi connectivity index (χ1n) is 6.92. The van der Waals surface area contributed by atoms with Gasteiger partial charge >= 0.3 is 0 Å². The molecule has 5 nitrogen and oxygen atoms in total. The fraction of sp³-hybridized carbons (Fsp3) is 0.0588. The zero-order chi connectivity index (χ0) is 15.5. The van der Waals surface area contributed by atoms with Gasteiger partial charge in [0.2, 0.25) is 0 Å². The number of aromatic nitrogens is 1. The SMILES string of the molecule is Cc1cccc(NC(=O)c2cc(NN)nc3ccccc23)c1. The molecule has 0 aliphatic carbocycles. The Bertz CT molecular complexity index is 845. The highest BCUT2D eigenvalue weighted by Gasteiger charge is 2.13. The van der Waals surface area contributed by atoms with Crippen LogP contribution in [0.25, 0.3) is 10.9 Å². The van der Waals surface area contributed by atoms with E-state index in [1.54, 1.807) is 6.07 Å². The Morgan fingerprint density at radius 2 is 1.91 bits per heavy atom. The number of hydrogen-bond acceptors (Lipinski definition) is 4. The number of rotatable bonds is 3. The Kier molecular flexibility index (Phi) is 3.72. The zero-order valence-electron chi connectivity index (χ0n) is 12.1. The summed E-state index contributed by atoms with van der Waals surface area (Å²) in [6.07, 6.45) is 0. The lowest BCUT2D eigenvalue weighted by atomic mass is 10.1. The van der Waals surface area contributed by atoms with Crippen LogP contribution in [0.15, 0.2) is 54.6 Å². The van der Waals surface area contributed by atoms with Gasteiger partial charge in [-0.1, -0.05) is 30.3 Å². The fourth-order valence-corrected chi connectivity index (χ4v) is 2.36. The first-order chi connectivity index (χ1) is 10.7. The maximum atomic E-state index is 12.6. The molecule has 0 aliphatic rings. The molecule has 0 aliphatic heterocycles. The van der Waals surface area contributed by atoms with E-state index in [4.69, 9.17) is 5.84 Å². The van der Waals surface area contributed by atoms with Crippen LogP contribution < -0.4 is 16.6 Å². The van der Waals surface area contributed by atoms with E-state index in [1.165, 1.54) is 0 Å². The topological polar surface area (TPSA) is 80.0 Å². The second-order valence-corrected chi connectivity index (χ2v) is 5.04. The third-order valence-corrected chi connectivity index (χ3v) is 3.38. The number of hydrazine groups is 1. The monoisotopic (exact) mass is 292 g/mol. The van der Waals surface area contributed by atoms with E-state index in [0.717, 1.165) is 16.6 Å². The molecule has 3 aromatic rings. The van der Waals surface area contributed by atoms with Gasteiger partial charge in [0.15, 0.2) is 0 Å². The lowest BCUT2D eigenvalue weighted by molar-refractivity contribution is 0.102. The Hall–Kier alpha value is -2.92. The van der Waals surface area contributed by atoms with E-state index in [1.807, 2.05) is 55.5 Å². The summed E-state index contributed by atoms with van der Waals surface area (Å²) in [6, 6.07) is 16.8. The van der Waals surface area contributed by atoms with E-state index in [2.05, 4.69) is 15.7 Å². The normalized spacial score (nSPS) is 10.5. The lowest BCUT2D eigenvalue weighted by Crippen LogP contribution is -2.15. The molecule has 4 N–H and O–H groups in total. The van der Waals surface area contributed by atoms with Crippen molar-refractivity contribution in [2.75, 3.05) is 10.7 Å². The molecular weight excluding hydrogens is 276 g/mol. The standard InChI is InChI=1S/C17H16N4O/c1-11-5-4-6-12(9-11)19-17(22)14-10-16(21-18)20-15-8-3-2-7-13(14)15/h2-10H,18H2,1H3,(H,19,22)(H,20,21). The number of carbonyl (C=O) groups excluding carboxylic acids is 1. The van der Waals surface area contributed by atoms with Crippen molar-refractivity contribution < 1.29 is 4.79 Å². The summed E-state index contributed by atoms with van der Waals surface area (Å²) in [5, 5.41) is 3.69. The molecule has 1 aromatic heterocycles. The molecule has 0 saturated carbocycles. The molecule has 5 heteroatoms. The van der Waals surface area contributed by atoms with Crippen LogP contribution in [0.3, 0.4) is 0 Å². The van der Waals surface area contributed by atoms with Crippen molar-refractivity contribution in [2.24, 2.45) is 5.84 Å². The highest BCUT2D eigenvalue weighted by atomic mass is 16.1. The zero-order valence-corrected chi connectivity index (χ0v) is 12.1. The molecule has 0 unspecified atom stereocenters. The number of amides is 1. The molecule has 0 fully saturated rings. The number of anilines is 2. The Morgan fingerprint density at radius 3 is 2.68 bits per heavy atom. The van der Waals surface area contributed by atoms with Crippen molar-refractivity contribution in [3.8, 4) is 0 Å². The van der Waals surface area contributed by atoms with Crippen LogP contribution in [0.4, 0.5) is 11.5 Å². The second kappa shape index (κ2) is 5.83. The molecule has 0 spiro atoms. The highest BCUT2D eigenvalue weighted by Crippen LogP contribution is 2.22. The van der Waals surface area contributed by atoms with Gasteiger partial charge in [-0.15, -0.1) is 0 Å². The van der Waals surface area contributed by atoms with Gasteiger partial charge in [-0.3, -0.25) is 4.79 Å². The number of hydrogen-bond donors (Lipinski definition) is 3. The molecule has 0 bridgehead atoms. The number of nitrogens with one attached hydrogen (secondary N) is 2. The molecule has 1 heterocycles. The summed E-state index contributed by atoms with van der Waals surface area (Å²) in [4.78, 5) is 16.9. The third-order valence-electron chi connectivity index (χ3n) is 3.38. The van der Waals surface area contributed by atoms with E-state index in [0.29, 0.717) is 16.9 Å². The smallest absolute Gasteiger partial charge is 0.256 e. The number of nitrogens with zero attached hydrogens (tertiary/aromatic N) is 1. The van der Waals surface area contributed by atoms with Gasteiger partial charge in [-0.25, -0.2) is 10.8 Å². The average Bonchev–Trinajstić information content (AvgIpc) is 2.53. The number of pyridine rings is 1. The van der Waals surface area contributed by atoms with Crippen molar-refractivity contribution in [1.29, 1.82) is 0 Å². The van der Waals surface area contributed by atoms with Gasteiger partial charge in [0.25, 0.3) is 5.91 Å². The molecule has 3 rings (SSSR count). The molecule has 0 atom stereocenters. The minimum Gasteiger partial charge on any atom is -0.322 e. The lowest BCUT2D eigenvalue weighted by Gasteiger charge is -2.10. The number of nitrogens with two attached hydrogens (primary N) is 1. The number of aryl methyl sites for hydroxylation is 1. The predicted octanol–water partition coefficient (Wildman–Crippen LogP) is 3.08. The van der Waals surface area contributed by atoms with Crippen LogP contribution in [-0.2, 0) is 0 Å². The summed E-state index contributed by atoms with van der Waals surface area (Å²) in [7, 11) is 0. The van der Waals surface area contributed by atoms with Crippen molar-refractivity contribution in [1.82, 2.24) is 4.98 Å². The van der Waals surface area contributed by atoms with E-state index in [-0.39, 0.29) is 5.91 Å². The average molecular weight is 292 g/mol. The van der Waals surface area contributed by atoms with Crippen molar-refractivity contribution >= 4 is 28.3 Å². The largest absolute Gasteiger partial charge is 0.322 e. The van der Waals surface area contributed by atoms with Gasteiger partial charge in [-0.05, 0) is 36.8 Å². The van der Waals surface area contributed by atoms with Crippen molar-refractivity contribution in [2.45, 2.75) is 6.92 Å². The molecular formula is C17H16N4O. The van der Waals surface area contributed by atoms with Crippen LogP contribution >= 0.6 is 0 Å². The fourth-order valence-electron chi connectivity index (χ4n) is 2.36. The first kappa shape index (κ1) is 14.0. The van der Waals surface area contributed by atoms with Gasteiger partial charge in [-0.2, -0.15) is 0 Å². The number of para-hydroxylation sites is 1. The maximum absolute atomic E-state index is 12.6. The first-order valence-corrected chi connectivity index (χ1v) is 6.92. The van der Waals surface area contributed by atoms with Gasteiger partial charge in [0, 0.05) is 11.1 Å². The van der Waals surface area contributed by atoms with E-state index in [9.17, 15) is 4.79 Å². The Morgan fingerprint density at radius 1 is 1.09 bits per heavy atom.